The molecule has 4 rings (SSSR count). The molecule has 4 aromatic rings. The highest BCUT2D eigenvalue weighted by Crippen LogP contribution is 2.48. The van der Waals surface area contributed by atoms with Gasteiger partial charge in [-0.1, -0.05) is 101 Å². The number of aryl methyl sites for hydroxylation is 2. The fourth-order valence-corrected chi connectivity index (χ4v) is 6.03. The fraction of sp³-hybridized carbons (Fsp3) is 0.226. The van der Waals surface area contributed by atoms with E-state index in [1.165, 1.54) is 27.8 Å². The summed E-state index contributed by atoms with van der Waals surface area (Å²) in [6.45, 7) is 9.44. The monoisotopic (exact) mass is 467 g/mol. The zero-order valence-corrected chi connectivity index (χ0v) is 21.5. The minimum absolute atomic E-state index is 0.134. The molecule has 0 aromatic heterocycles. The molecule has 0 aliphatic heterocycles. The summed E-state index contributed by atoms with van der Waals surface area (Å²) in [4.78, 5) is 2.39. The Labute approximate surface area is 206 Å². The maximum Gasteiger partial charge on any atom is 0.122 e. The number of anilines is 2. The number of hydrogen-bond acceptors (Lipinski definition) is 2. The Balaban J connectivity index is 1.75. The first-order valence-corrected chi connectivity index (χ1v) is 13.0. The molecular weight excluding hydrogens is 433 g/mol. The molecule has 0 amide bonds. The number of benzene rings is 4. The minimum atomic E-state index is -0.134. The Kier molecular flexibility index (Phi) is 7.39. The third kappa shape index (κ3) is 5.18. The predicted octanol–water partition coefficient (Wildman–Crippen LogP) is 7.98. The van der Waals surface area contributed by atoms with Crippen LogP contribution in [-0.2, 0) is 11.7 Å². The van der Waals surface area contributed by atoms with Gasteiger partial charge in [-0.3, -0.25) is 0 Å². The SMILES string of the molecule is CCC(C)(Pc1ccc(C)cc1CN(c1ccccc1)c1ccccc1)c1cccc(C)c1O. The van der Waals surface area contributed by atoms with Gasteiger partial charge in [0, 0.05) is 28.6 Å². The largest absolute Gasteiger partial charge is 0.507 e. The topological polar surface area (TPSA) is 23.5 Å². The zero-order valence-electron chi connectivity index (χ0n) is 20.5. The Bertz CT molecular complexity index is 1200. The molecule has 1 N–H and O–H groups in total. The van der Waals surface area contributed by atoms with Crippen molar-refractivity contribution in [1.82, 2.24) is 0 Å². The van der Waals surface area contributed by atoms with Crippen molar-refractivity contribution in [3.05, 3.63) is 119 Å². The van der Waals surface area contributed by atoms with Crippen molar-refractivity contribution in [2.24, 2.45) is 0 Å². The summed E-state index contributed by atoms with van der Waals surface area (Å²) < 4.78 is 0. The highest BCUT2D eigenvalue weighted by Gasteiger charge is 2.29. The molecule has 2 atom stereocenters. The van der Waals surface area contributed by atoms with Gasteiger partial charge in [-0.2, -0.15) is 0 Å². The van der Waals surface area contributed by atoms with Crippen molar-refractivity contribution >= 4 is 25.3 Å². The first-order valence-electron chi connectivity index (χ1n) is 12.0. The van der Waals surface area contributed by atoms with Crippen molar-refractivity contribution in [1.29, 1.82) is 0 Å². The van der Waals surface area contributed by atoms with E-state index < -0.39 is 0 Å². The summed E-state index contributed by atoms with van der Waals surface area (Å²) >= 11 is 0. The van der Waals surface area contributed by atoms with E-state index in [4.69, 9.17) is 0 Å². The molecule has 0 saturated carbocycles. The summed E-state index contributed by atoms with van der Waals surface area (Å²) in [6, 6.07) is 34.2. The third-order valence-corrected chi connectivity index (χ3v) is 8.61. The second-order valence-corrected chi connectivity index (χ2v) is 11.1. The quantitative estimate of drug-likeness (QED) is 0.266. The first kappa shape index (κ1) is 24.0. The molecule has 0 spiro atoms. The molecule has 174 valence electrons. The van der Waals surface area contributed by atoms with Gasteiger partial charge in [0.15, 0.2) is 0 Å². The lowest BCUT2D eigenvalue weighted by molar-refractivity contribution is 0.452. The number of rotatable bonds is 8. The average molecular weight is 468 g/mol. The molecule has 0 radical (unpaired) electrons. The van der Waals surface area contributed by atoms with Crippen LogP contribution in [0.2, 0.25) is 0 Å². The Morgan fingerprint density at radius 2 is 1.41 bits per heavy atom. The lowest BCUT2D eigenvalue weighted by Crippen LogP contribution is -2.24. The van der Waals surface area contributed by atoms with E-state index in [1.807, 2.05) is 13.0 Å². The Morgan fingerprint density at radius 3 is 2.00 bits per heavy atom. The molecule has 34 heavy (non-hydrogen) atoms. The van der Waals surface area contributed by atoms with Gasteiger partial charge in [0.25, 0.3) is 0 Å². The molecule has 0 fully saturated rings. The van der Waals surface area contributed by atoms with Gasteiger partial charge in [0.2, 0.25) is 0 Å². The number of hydrogen-bond donors (Lipinski definition) is 1. The molecule has 0 heterocycles. The van der Waals surface area contributed by atoms with Gasteiger partial charge in [0.1, 0.15) is 5.75 Å². The van der Waals surface area contributed by atoms with E-state index in [1.54, 1.807) is 0 Å². The fourth-order valence-electron chi connectivity index (χ4n) is 4.44. The lowest BCUT2D eigenvalue weighted by Gasteiger charge is -2.32. The van der Waals surface area contributed by atoms with Crippen molar-refractivity contribution in [2.45, 2.75) is 45.8 Å². The molecule has 2 unspecified atom stereocenters. The molecule has 4 aromatic carbocycles. The van der Waals surface area contributed by atoms with Crippen LogP contribution in [0, 0.1) is 13.8 Å². The second-order valence-electron chi connectivity index (χ2n) is 9.20. The third-order valence-electron chi connectivity index (χ3n) is 6.67. The van der Waals surface area contributed by atoms with Gasteiger partial charge in [0.05, 0.1) is 0 Å². The Morgan fingerprint density at radius 1 is 0.794 bits per heavy atom. The first-order chi connectivity index (χ1) is 16.4. The molecular formula is C31H34NOP. The van der Waals surface area contributed by atoms with E-state index in [-0.39, 0.29) is 5.16 Å². The zero-order chi connectivity index (χ0) is 24.1. The summed E-state index contributed by atoms with van der Waals surface area (Å²) in [5.74, 6) is 0.434. The van der Waals surface area contributed by atoms with Crippen LogP contribution in [0.1, 0.15) is 42.5 Å². The molecule has 0 aliphatic rings. The minimum Gasteiger partial charge on any atom is -0.507 e. The van der Waals surface area contributed by atoms with E-state index >= 15 is 0 Å². The highest BCUT2D eigenvalue weighted by atomic mass is 31.1. The van der Waals surface area contributed by atoms with Crippen LogP contribution in [0.25, 0.3) is 0 Å². The molecule has 2 nitrogen and oxygen atoms in total. The van der Waals surface area contributed by atoms with Crippen LogP contribution in [-0.4, -0.2) is 5.11 Å². The standard InChI is InChI=1S/C31H34NOP/c1-5-31(4,28-18-12-13-24(3)30(28)33)34-29-20-19-23(2)21-25(29)22-32(26-14-8-6-9-15-26)27-16-10-7-11-17-27/h6-21,33-34H,5,22H2,1-4H3. The van der Waals surface area contributed by atoms with Crippen molar-refractivity contribution in [3.63, 3.8) is 0 Å². The molecule has 0 saturated heterocycles. The smallest absolute Gasteiger partial charge is 0.122 e. The number of aromatic hydroxyl groups is 1. The summed E-state index contributed by atoms with van der Waals surface area (Å²) in [7, 11) is 0.542. The summed E-state index contributed by atoms with van der Waals surface area (Å²) in [5, 5.41) is 12.1. The van der Waals surface area contributed by atoms with Crippen LogP contribution in [0.15, 0.2) is 97.1 Å². The molecule has 0 bridgehead atoms. The lowest BCUT2D eigenvalue weighted by atomic mass is 9.94. The second kappa shape index (κ2) is 10.5. The van der Waals surface area contributed by atoms with Gasteiger partial charge in [-0.05, 0) is 61.0 Å². The Hall–Kier alpha value is -3.09. The number of phenolic OH excluding ortho intramolecular Hbond substituents is 1. The van der Waals surface area contributed by atoms with E-state index in [0.717, 1.165) is 24.1 Å². The number of para-hydroxylation sites is 3. The summed E-state index contributed by atoms with van der Waals surface area (Å²) in [6.07, 6.45) is 0.955. The van der Waals surface area contributed by atoms with Crippen LogP contribution in [0.5, 0.6) is 5.75 Å². The van der Waals surface area contributed by atoms with E-state index in [2.05, 4.69) is 117 Å². The van der Waals surface area contributed by atoms with Crippen molar-refractivity contribution in [2.75, 3.05) is 4.90 Å². The highest BCUT2D eigenvalue weighted by molar-refractivity contribution is 7.48. The van der Waals surface area contributed by atoms with Crippen molar-refractivity contribution in [3.8, 4) is 5.75 Å². The van der Waals surface area contributed by atoms with E-state index in [9.17, 15) is 5.11 Å². The van der Waals surface area contributed by atoms with Crippen molar-refractivity contribution < 1.29 is 5.11 Å². The molecule has 3 heteroatoms. The van der Waals surface area contributed by atoms with Gasteiger partial charge < -0.3 is 10.0 Å². The predicted molar refractivity (Wildman–Crippen MR) is 148 cm³/mol. The number of phenols is 1. The molecule has 0 aliphatic carbocycles. The maximum atomic E-state index is 10.9. The van der Waals surface area contributed by atoms with Gasteiger partial charge in [-0.25, -0.2) is 0 Å². The average Bonchev–Trinajstić information content (AvgIpc) is 2.86. The van der Waals surface area contributed by atoms with Crippen LogP contribution >= 0.6 is 8.58 Å². The number of nitrogens with zero attached hydrogens (tertiary/aromatic N) is 1. The normalized spacial score (nSPS) is 13.2. The maximum absolute atomic E-state index is 10.9. The van der Waals surface area contributed by atoms with Crippen LogP contribution in [0.4, 0.5) is 11.4 Å². The van der Waals surface area contributed by atoms with Gasteiger partial charge in [-0.15, -0.1) is 0 Å². The van der Waals surface area contributed by atoms with Gasteiger partial charge >= 0.3 is 0 Å². The summed E-state index contributed by atoms with van der Waals surface area (Å²) in [5.41, 5.74) is 6.94. The van der Waals surface area contributed by atoms with E-state index in [0.29, 0.717) is 14.3 Å². The van der Waals surface area contributed by atoms with Crippen LogP contribution < -0.4 is 10.2 Å². The van der Waals surface area contributed by atoms with Crippen LogP contribution in [0.3, 0.4) is 0 Å².